The Bertz CT molecular complexity index is 410. The summed E-state index contributed by atoms with van der Waals surface area (Å²) >= 11 is 0. The molecule has 0 aliphatic heterocycles. The van der Waals surface area contributed by atoms with Crippen molar-refractivity contribution in [2.45, 2.75) is 6.67 Å². The molecule has 0 spiro atoms. The maximum atomic E-state index is 12.3. The van der Waals surface area contributed by atoms with Gasteiger partial charge in [-0.15, -0.1) is 0 Å². The highest BCUT2D eigenvalue weighted by Gasteiger charge is 2.06. The van der Waals surface area contributed by atoms with Gasteiger partial charge in [0.1, 0.15) is 12.4 Å². The number of nitrogens with zero attached hydrogens (tertiary/aromatic N) is 1. The average Bonchev–Trinajstić information content (AvgIpc) is 2.46. The maximum Gasteiger partial charge on any atom is 0.167 e. The predicted molar refractivity (Wildman–Crippen MR) is 43.2 cm³/mol. The Labute approximate surface area is 67.9 Å². The van der Waals surface area contributed by atoms with Crippen molar-refractivity contribution in [3.05, 3.63) is 23.9 Å². The molecule has 0 amide bonds. The van der Waals surface area contributed by atoms with E-state index in [-0.39, 0.29) is 0 Å². The highest BCUT2D eigenvalue weighted by Crippen LogP contribution is 2.21. The summed E-state index contributed by atoms with van der Waals surface area (Å²) in [6.07, 6.45) is 0. The Balaban J connectivity index is 2.75. The summed E-state index contributed by atoms with van der Waals surface area (Å²) in [6, 6.07) is 5.02. The van der Waals surface area contributed by atoms with Crippen LogP contribution in [0.25, 0.3) is 11.0 Å². The van der Waals surface area contributed by atoms with Gasteiger partial charge in [0.15, 0.2) is 5.58 Å². The first-order chi connectivity index (χ1) is 5.81. The minimum absolute atomic E-state index is 0.303. The van der Waals surface area contributed by atoms with E-state index in [2.05, 4.69) is 5.16 Å². The fraction of sp³-hybridized carbons (Fsp3) is 0.125. The summed E-state index contributed by atoms with van der Waals surface area (Å²) in [7, 11) is 0. The lowest BCUT2D eigenvalue weighted by atomic mass is 10.2. The van der Waals surface area contributed by atoms with Gasteiger partial charge < -0.3 is 10.3 Å². The van der Waals surface area contributed by atoms with Crippen LogP contribution in [0.1, 0.15) is 5.69 Å². The number of hydrogen-bond acceptors (Lipinski definition) is 3. The summed E-state index contributed by atoms with van der Waals surface area (Å²) in [5.74, 6) is 0. The molecule has 0 radical (unpaired) electrons. The fourth-order valence-corrected chi connectivity index (χ4v) is 1.10. The minimum atomic E-state index is -0.629. The van der Waals surface area contributed by atoms with E-state index in [1.54, 1.807) is 18.2 Å². The second-order valence-electron chi connectivity index (χ2n) is 2.52. The van der Waals surface area contributed by atoms with Crippen LogP contribution in [0.4, 0.5) is 10.1 Å². The molecule has 0 unspecified atom stereocenters. The molecule has 0 bridgehead atoms. The summed E-state index contributed by atoms with van der Waals surface area (Å²) in [4.78, 5) is 0. The van der Waals surface area contributed by atoms with E-state index in [9.17, 15) is 4.39 Å². The van der Waals surface area contributed by atoms with Crippen LogP contribution in [0.15, 0.2) is 22.7 Å². The van der Waals surface area contributed by atoms with Crippen molar-refractivity contribution in [2.24, 2.45) is 0 Å². The first-order valence-corrected chi connectivity index (χ1v) is 3.51. The van der Waals surface area contributed by atoms with Crippen molar-refractivity contribution >= 4 is 16.7 Å². The van der Waals surface area contributed by atoms with E-state index < -0.39 is 6.67 Å². The van der Waals surface area contributed by atoms with E-state index in [4.69, 9.17) is 10.3 Å². The molecule has 0 saturated heterocycles. The molecule has 0 atom stereocenters. The number of aromatic nitrogens is 1. The van der Waals surface area contributed by atoms with Crippen molar-refractivity contribution in [1.82, 2.24) is 5.16 Å². The smallest absolute Gasteiger partial charge is 0.167 e. The molecule has 1 heterocycles. The van der Waals surface area contributed by atoms with E-state index in [0.717, 1.165) is 0 Å². The number of hydrogen-bond donors (Lipinski definition) is 1. The van der Waals surface area contributed by atoms with Crippen molar-refractivity contribution < 1.29 is 8.91 Å². The number of fused-ring (bicyclic) bond motifs is 1. The predicted octanol–water partition coefficient (Wildman–Crippen LogP) is 1.88. The molecular formula is C8H7FN2O. The van der Waals surface area contributed by atoms with Crippen LogP contribution in [-0.2, 0) is 6.67 Å². The van der Waals surface area contributed by atoms with Crippen LogP contribution >= 0.6 is 0 Å². The molecule has 0 saturated carbocycles. The minimum Gasteiger partial charge on any atom is -0.399 e. The molecule has 0 aliphatic carbocycles. The van der Waals surface area contributed by atoms with Crippen molar-refractivity contribution in [2.75, 3.05) is 5.73 Å². The standard InChI is InChI=1S/C8H7FN2O/c9-4-7-6-3-5(10)1-2-8(6)12-11-7/h1-3H,4,10H2. The molecule has 0 fully saturated rings. The first kappa shape index (κ1) is 7.09. The monoisotopic (exact) mass is 166 g/mol. The van der Waals surface area contributed by atoms with E-state index in [1.165, 1.54) is 0 Å². The Hall–Kier alpha value is -1.58. The van der Waals surface area contributed by atoms with Gasteiger partial charge >= 0.3 is 0 Å². The highest BCUT2D eigenvalue weighted by atomic mass is 19.1. The topological polar surface area (TPSA) is 52.0 Å². The van der Waals surface area contributed by atoms with Crippen molar-refractivity contribution in [3.8, 4) is 0 Å². The molecule has 2 aromatic rings. The maximum absolute atomic E-state index is 12.3. The lowest BCUT2D eigenvalue weighted by molar-refractivity contribution is 0.410. The van der Waals surface area contributed by atoms with E-state index in [1.807, 2.05) is 0 Å². The first-order valence-electron chi connectivity index (χ1n) is 3.51. The molecule has 0 aliphatic rings. The third kappa shape index (κ3) is 0.922. The Kier molecular flexibility index (Phi) is 1.46. The van der Waals surface area contributed by atoms with Gasteiger partial charge in [0.25, 0.3) is 0 Å². The van der Waals surface area contributed by atoms with E-state index >= 15 is 0 Å². The Morgan fingerprint density at radius 1 is 1.50 bits per heavy atom. The molecule has 1 aromatic carbocycles. The summed E-state index contributed by atoms with van der Waals surface area (Å²) in [6.45, 7) is -0.629. The van der Waals surface area contributed by atoms with Crippen molar-refractivity contribution in [3.63, 3.8) is 0 Å². The summed E-state index contributed by atoms with van der Waals surface area (Å²) < 4.78 is 17.1. The van der Waals surface area contributed by atoms with Gasteiger partial charge in [-0.1, -0.05) is 5.16 Å². The second-order valence-corrected chi connectivity index (χ2v) is 2.52. The van der Waals surface area contributed by atoms with Gasteiger partial charge in [-0.05, 0) is 18.2 Å². The SMILES string of the molecule is Nc1ccc2onc(CF)c2c1. The Morgan fingerprint density at radius 2 is 2.33 bits per heavy atom. The summed E-state index contributed by atoms with van der Waals surface area (Å²) in [5.41, 5.74) is 6.97. The molecule has 2 rings (SSSR count). The third-order valence-electron chi connectivity index (χ3n) is 1.70. The van der Waals surface area contributed by atoms with Gasteiger partial charge in [0.05, 0.1) is 0 Å². The van der Waals surface area contributed by atoms with Crippen LogP contribution in [0.5, 0.6) is 0 Å². The lowest BCUT2D eigenvalue weighted by Crippen LogP contribution is -1.83. The quantitative estimate of drug-likeness (QED) is 0.658. The van der Waals surface area contributed by atoms with Crippen LogP contribution in [0.2, 0.25) is 0 Å². The number of nitrogens with two attached hydrogens (primary N) is 1. The summed E-state index contributed by atoms with van der Waals surface area (Å²) in [5, 5.41) is 4.20. The average molecular weight is 166 g/mol. The van der Waals surface area contributed by atoms with Gasteiger partial charge in [0, 0.05) is 11.1 Å². The lowest BCUT2D eigenvalue weighted by Gasteiger charge is -1.90. The third-order valence-corrected chi connectivity index (χ3v) is 1.70. The van der Waals surface area contributed by atoms with E-state index in [0.29, 0.717) is 22.4 Å². The normalized spacial score (nSPS) is 10.8. The molecule has 2 N–H and O–H groups in total. The number of alkyl halides is 1. The molecule has 4 heteroatoms. The number of rotatable bonds is 1. The fourth-order valence-electron chi connectivity index (χ4n) is 1.10. The van der Waals surface area contributed by atoms with Crippen LogP contribution in [-0.4, -0.2) is 5.16 Å². The number of halogens is 1. The molecule has 12 heavy (non-hydrogen) atoms. The van der Waals surface area contributed by atoms with Gasteiger partial charge in [-0.2, -0.15) is 0 Å². The van der Waals surface area contributed by atoms with Crippen LogP contribution in [0, 0.1) is 0 Å². The van der Waals surface area contributed by atoms with Crippen molar-refractivity contribution in [1.29, 1.82) is 0 Å². The van der Waals surface area contributed by atoms with Crippen LogP contribution in [0.3, 0.4) is 0 Å². The zero-order valence-electron chi connectivity index (χ0n) is 6.25. The van der Waals surface area contributed by atoms with Gasteiger partial charge in [-0.25, -0.2) is 4.39 Å². The number of benzene rings is 1. The van der Waals surface area contributed by atoms with Gasteiger partial charge in [-0.3, -0.25) is 0 Å². The highest BCUT2D eigenvalue weighted by molar-refractivity contribution is 5.82. The number of anilines is 1. The van der Waals surface area contributed by atoms with Gasteiger partial charge in [0.2, 0.25) is 0 Å². The molecule has 1 aromatic heterocycles. The molecular weight excluding hydrogens is 159 g/mol. The second kappa shape index (κ2) is 2.48. The van der Waals surface area contributed by atoms with Crippen LogP contribution < -0.4 is 5.73 Å². The molecule has 62 valence electrons. The number of nitrogen functional groups attached to an aromatic ring is 1. The Morgan fingerprint density at radius 3 is 3.08 bits per heavy atom. The largest absolute Gasteiger partial charge is 0.399 e. The molecule has 3 nitrogen and oxygen atoms in total. The zero-order chi connectivity index (χ0) is 8.55. The zero-order valence-corrected chi connectivity index (χ0v) is 6.25.